The fraction of sp³-hybridized carbons (Fsp3) is 0.889. The molecule has 1 N–H and O–H groups in total. The summed E-state index contributed by atoms with van der Waals surface area (Å²) in [4.78, 5) is 13.3. The molecule has 1 aliphatic rings. The van der Waals surface area contributed by atoms with Crippen molar-refractivity contribution in [2.24, 2.45) is 0 Å². The van der Waals surface area contributed by atoms with Crippen molar-refractivity contribution in [2.75, 3.05) is 34.0 Å². The minimum absolute atomic E-state index is 0.0453. The van der Waals surface area contributed by atoms with Crippen LogP contribution in [0.2, 0.25) is 0 Å². The molecule has 0 aromatic carbocycles. The van der Waals surface area contributed by atoms with Crippen molar-refractivity contribution in [1.29, 1.82) is 0 Å². The number of carbonyl (C=O) groups excluding carboxylic acids is 1. The molecule has 0 radical (unpaired) electrons. The van der Waals surface area contributed by atoms with Crippen molar-refractivity contribution >= 4 is 5.91 Å². The Kier molecular flexibility index (Phi) is 4.31. The summed E-state index contributed by atoms with van der Waals surface area (Å²) in [6, 6.07) is -0.0740. The molecule has 0 saturated carbocycles. The van der Waals surface area contributed by atoms with Gasteiger partial charge in [0.1, 0.15) is 0 Å². The number of methoxy groups -OCH3 is 2. The lowest BCUT2D eigenvalue weighted by Crippen LogP contribution is -2.38. The van der Waals surface area contributed by atoms with Crippen LogP contribution in [0, 0.1) is 0 Å². The van der Waals surface area contributed by atoms with Gasteiger partial charge in [0.05, 0.1) is 32.0 Å². The Morgan fingerprint density at radius 3 is 2.79 bits per heavy atom. The second kappa shape index (κ2) is 5.29. The standard InChI is InChI=1S/C9H18N2O3/c1-7-9(12)11(6-10-7)4-8(14-3)5-13-2/h7-8,10H,4-6H2,1-3H3. The summed E-state index contributed by atoms with van der Waals surface area (Å²) < 4.78 is 10.2. The Morgan fingerprint density at radius 1 is 1.64 bits per heavy atom. The number of nitrogens with zero attached hydrogens (tertiary/aromatic N) is 1. The molecule has 2 atom stereocenters. The molecule has 82 valence electrons. The van der Waals surface area contributed by atoms with E-state index in [1.807, 2.05) is 6.92 Å². The van der Waals surface area contributed by atoms with Crippen molar-refractivity contribution in [3.8, 4) is 0 Å². The van der Waals surface area contributed by atoms with Gasteiger partial charge in [-0.15, -0.1) is 0 Å². The minimum atomic E-state index is -0.0740. The molecule has 1 heterocycles. The first-order valence-electron chi connectivity index (χ1n) is 4.73. The lowest BCUT2D eigenvalue weighted by molar-refractivity contribution is -0.130. The van der Waals surface area contributed by atoms with E-state index in [-0.39, 0.29) is 18.1 Å². The van der Waals surface area contributed by atoms with Gasteiger partial charge in [0.25, 0.3) is 0 Å². The van der Waals surface area contributed by atoms with E-state index in [4.69, 9.17) is 9.47 Å². The normalized spacial score (nSPS) is 24.4. The Bertz CT molecular complexity index is 198. The van der Waals surface area contributed by atoms with Gasteiger partial charge in [-0.3, -0.25) is 10.1 Å². The highest BCUT2D eigenvalue weighted by molar-refractivity contribution is 5.83. The van der Waals surface area contributed by atoms with Gasteiger partial charge in [-0.1, -0.05) is 0 Å². The molecule has 1 amide bonds. The average Bonchev–Trinajstić information content (AvgIpc) is 2.49. The van der Waals surface area contributed by atoms with Gasteiger partial charge >= 0.3 is 0 Å². The SMILES string of the molecule is COCC(CN1CNC(C)C1=O)OC. The van der Waals surface area contributed by atoms with E-state index in [9.17, 15) is 4.79 Å². The summed E-state index contributed by atoms with van der Waals surface area (Å²) in [5, 5.41) is 3.07. The fourth-order valence-corrected chi connectivity index (χ4v) is 1.47. The van der Waals surface area contributed by atoms with E-state index in [1.165, 1.54) is 0 Å². The molecule has 0 bridgehead atoms. The summed E-state index contributed by atoms with van der Waals surface area (Å²) in [7, 11) is 3.25. The van der Waals surface area contributed by atoms with Gasteiger partial charge in [-0.05, 0) is 6.92 Å². The number of nitrogens with one attached hydrogen (secondary N) is 1. The lowest BCUT2D eigenvalue weighted by atomic mass is 10.3. The van der Waals surface area contributed by atoms with Gasteiger partial charge in [-0.25, -0.2) is 0 Å². The van der Waals surface area contributed by atoms with Crippen LogP contribution < -0.4 is 5.32 Å². The van der Waals surface area contributed by atoms with Gasteiger partial charge in [-0.2, -0.15) is 0 Å². The Balaban J connectivity index is 2.39. The van der Waals surface area contributed by atoms with E-state index in [2.05, 4.69) is 5.32 Å². The second-order valence-electron chi connectivity index (χ2n) is 3.46. The third-order valence-corrected chi connectivity index (χ3v) is 2.38. The van der Waals surface area contributed by atoms with Crippen LogP contribution in [0.4, 0.5) is 0 Å². The van der Waals surface area contributed by atoms with E-state index in [1.54, 1.807) is 19.1 Å². The van der Waals surface area contributed by atoms with Crippen LogP contribution in [0.15, 0.2) is 0 Å². The first kappa shape index (κ1) is 11.4. The van der Waals surface area contributed by atoms with Gasteiger partial charge < -0.3 is 14.4 Å². The molecule has 0 aromatic rings. The zero-order valence-electron chi connectivity index (χ0n) is 8.95. The Hall–Kier alpha value is -0.650. The highest BCUT2D eigenvalue weighted by atomic mass is 16.5. The molecule has 1 rings (SSSR count). The van der Waals surface area contributed by atoms with Crippen LogP contribution in [-0.2, 0) is 14.3 Å². The maximum absolute atomic E-state index is 11.5. The summed E-state index contributed by atoms with van der Waals surface area (Å²) >= 11 is 0. The molecule has 5 heteroatoms. The van der Waals surface area contributed by atoms with E-state index in [0.717, 1.165) is 0 Å². The molecule has 14 heavy (non-hydrogen) atoms. The highest BCUT2D eigenvalue weighted by Gasteiger charge is 2.28. The number of hydrogen-bond acceptors (Lipinski definition) is 4. The summed E-state index contributed by atoms with van der Waals surface area (Å²) in [6.45, 7) is 3.55. The van der Waals surface area contributed by atoms with Crippen molar-refractivity contribution in [3.63, 3.8) is 0 Å². The molecule has 1 saturated heterocycles. The molecule has 0 aromatic heterocycles. The summed E-state index contributed by atoms with van der Waals surface area (Å²) in [6.07, 6.45) is -0.0453. The predicted molar refractivity (Wildman–Crippen MR) is 51.9 cm³/mol. The first-order chi connectivity index (χ1) is 6.69. The van der Waals surface area contributed by atoms with Crippen LogP contribution >= 0.6 is 0 Å². The maximum Gasteiger partial charge on any atom is 0.240 e. The fourth-order valence-electron chi connectivity index (χ4n) is 1.47. The van der Waals surface area contributed by atoms with E-state index < -0.39 is 0 Å². The van der Waals surface area contributed by atoms with Crippen molar-refractivity contribution < 1.29 is 14.3 Å². The highest BCUT2D eigenvalue weighted by Crippen LogP contribution is 2.05. The molecule has 1 aliphatic heterocycles. The number of amides is 1. The maximum atomic E-state index is 11.5. The smallest absolute Gasteiger partial charge is 0.240 e. The molecule has 2 unspecified atom stereocenters. The number of carbonyl (C=O) groups is 1. The van der Waals surface area contributed by atoms with Crippen molar-refractivity contribution in [1.82, 2.24) is 10.2 Å². The van der Waals surface area contributed by atoms with E-state index >= 15 is 0 Å². The van der Waals surface area contributed by atoms with Crippen LogP contribution in [-0.4, -0.2) is 57.0 Å². The monoisotopic (exact) mass is 202 g/mol. The minimum Gasteiger partial charge on any atom is -0.382 e. The summed E-state index contributed by atoms with van der Waals surface area (Å²) in [5.41, 5.74) is 0. The van der Waals surface area contributed by atoms with Crippen molar-refractivity contribution in [3.05, 3.63) is 0 Å². The molecule has 0 aliphatic carbocycles. The quantitative estimate of drug-likeness (QED) is 0.648. The molecule has 1 fully saturated rings. The van der Waals surface area contributed by atoms with Crippen LogP contribution in [0.5, 0.6) is 0 Å². The van der Waals surface area contributed by atoms with Crippen molar-refractivity contribution in [2.45, 2.75) is 19.1 Å². The lowest BCUT2D eigenvalue weighted by Gasteiger charge is -2.21. The molecule has 0 spiro atoms. The second-order valence-corrected chi connectivity index (χ2v) is 3.46. The van der Waals surface area contributed by atoms with Crippen LogP contribution in [0.25, 0.3) is 0 Å². The van der Waals surface area contributed by atoms with Crippen LogP contribution in [0.3, 0.4) is 0 Å². The topological polar surface area (TPSA) is 50.8 Å². The van der Waals surface area contributed by atoms with Gasteiger partial charge in [0.2, 0.25) is 5.91 Å². The molecule has 5 nitrogen and oxygen atoms in total. The predicted octanol–water partition coefficient (Wildman–Crippen LogP) is -0.574. The molecular weight excluding hydrogens is 184 g/mol. The van der Waals surface area contributed by atoms with Crippen LogP contribution in [0.1, 0.15) is 6.92 Å². The van der Waals surface area contributed by atoms with Gasteiger partial charge in [0, 0.05) is 14.2 Å². The average molecular weight is 202 g/mol. The third kappa shape index (κ3) is 2.67. The van der Waals surface area contributed by atoms with Gasteiger partial charge in [0.15, 0.2) is 0 Å². The molecular formula is C9H18N2O3. The Morgan fingerprint density at radius 2 is 2.36 bits per heavy atom. The largest absolute Gasteiger partial charge is 0.382 e. The zero-order valence-corrected chi connectivity index (χ0v) is 8.95. The Labute approximate surface area is 84.4 Å². The first-order valence-corrected chi connectivity index (χ1v) is 4.73. The number of hydrogen-bond donors (Lipinski definition) is 1. The zero-order chi connectivity index (χ0) is 10.6. The third-order valence-electron chi connectivity index (χ3n) is 2.38. The number of rotatable bonds is 5. The van der Waals surface area contributed by atoms with E-state index in [0.29, 0.717) is 19.8 Å². The number of ether oxygens (including phenoxy) is 2. The summed E-state index contributed by atoms with van der Waals surface area (Å²) in [5.74, 6) is 0.128.